The van der Waals surface area contributed by atoms with Gasteiger partial charge in [0.1, 0.15) is 11.6 Å². The van der Waals surface area contributed by atoms with Gasteiger partial charge in [-0.3, -0.25) is 4.79 Å². The summed E-state index contributed by atoms with van der Waals surface area (Å²) in [6.45, 7) is 2.73. The third-order valence-electron chi connectivity index (χ3n) is 5.22. The van der Waals surface area contributed by atoms with Crippen molar-refractivity contribution in [2.24, 2.45) is 0 Å². The van der Waals surface area contributed by atoms with Crippen molar-refractivity contribution >= 4 is 28.2 Å². The van der Waals surface area contributed by atoms with Gasteiger partial charge in [0.25, 0.3) is 0 Å². The maximum Gasteiger partial charge on any atom is 0.248 e. The number of aryl methyl sites for hydroxylation is 1. The fraction of sp³-hybridized carbons (Fsp3) is 0.286. The average Bonchev–Trinajstić information content (AvgIpc) is 3.46. The number of hydrogen-bond donors (Lipinski definition) is 0. The first-order valence-corrected chi connectivity index (χ1v) is 10.3. The van der Waals surface area contributed by atoms with E-state index in [4.69, 9.17) is 8.83 Å². The molecule has 6 nitrogen and oxygen atoms in total. The maximum absolute atomic E-state index is 13.0. The van der Waals surface area contributed by atoms with Crippen molar-refractivity contribution in [3.63, 3.8) is 0 Å². The average molecular weight is 393 g/mol. The first-order chi connectivity index (χ1) is 13.7. The summed E-state index contributed by atoms with van der Waals surface area (Å²) in [7, 11) is 0. The highest BCUT2D eigenvalue weighted by Gasteiger charge is 2.34. The number of aromatic nitrogens is 2. The molecule has 0 unspecified atom stereocenters. The van der Waals surface area contributed by atoms with Crippen molar-refractivity contribution in [1.29, 1.82) is 0 Å². The zero-order chi connectivity index (χ0) is 19.1. The zero-order valence-corrected chi connectivity index (χ0v) is 16.2. The summed E-state index contributed by atoms with van der Waals surface area (Å²) >= 11 is 1.58. The second-order valence-electron chi connectivity index (χ2n) is 7.14. The van der Waals surface area contributed by atoms with Gasteiger partial charge in [-0.1, -0.05) is 12.1 Å². The molecular formula is C21H19N3O3S. The van der Waals surface area contributed by atoms with Crippen LogP contribution in [0.15, 0.2) is 50.1 Å². The van der Waals surface area contributed by atoms with Crippen LogP contribution in [0.4, 0.5) is 0 Å². The molecule has 0 N–H and O–H groups in total. The Morgan fingerprint density at radius 2 is 2.25 bits per heavy atom. The molecule has 4 heterocycles. The van der Waals surface area contributed by atoms with Crippen LogP contribution in [-0.4, -0.2) is 27.5 Å². The second-order valence-corrected chi connectivity index (χ2v) is 7.92. The molecule has 142 valence electrons. The Labute approximate surface area is 165 Å². The fourth-order valence-corrected chi connectivity index (χ4v) is 4.42. The first kappa shape index (κ1) is 17.2. The molecule has 1 aliphatic rings. The van der Waals surface area contributed by atoms with Gasteiger partial charge in [-0.15, -0.1) is 10.2 Å². The van der Waals surface area contributed by atoms with Crippen LogP contribution in [0.5, 0.6) is 0 Å². The fourth-order valence-electron chi connectivity index (χ4n) is 3.79. The maximum atomic E-state index is 13.0. The minimum atomic E-state index is -0.159. The largest absolute Gasteiger partial charge is 0.464 e. The van der Waals surface area contributed by atoms with Crippen LogP contribution < -0.4 is 0 Å². The van der Waals surface area contributed by atoms with Crippen LogP contribution in [-0.2, 0) is 11.2 Å². The number of amides is 1. The van der Waals surface area contributed by atoms with Gasteiger partial charge in [0.15, 0.2) is 0 Å². The van der Waals surface area contributed by atoms with Crippen molar-refractivity contribution in [3.05, 3.63) is 58.3 Å². The highest BCUT2D eigenvalue weighted by Crippen LogP contribution is 2.34. The minimum absolute atomic E-state index is 0.0565. The van der Waals surface area contributed by atoms with Gasteiger partial charge in [0.05, 0.1) is 12.7 Å². The van der Waals surface area contributed by atoms with Crippen molar-refractivity contribution in [2.45, 2.75) is 32.2 Å². The molecule has 0 saturated carbocycles. The normalized spacial score (nSPS) is 16.9. The number of rotatable bonds is 4. The molecule has 1 atom stereocenters. The number of benzene rings is 1. The smallest absolute Gasteiger partial charge is 0.248 e. The van der Waals surface area contributed by atoms with E-state index in [2.05, 4.69) is 10.2 Å². The van der Waals surface area contributed by atoms with Crippen LogP contribution in [0, 0.1) is 6.92 Å². The lowest BCUT2D eigenvalue weighted by atomic mass is 10.1. The van der Waals surface area contributed by atoms with Crippen molar-refractivity contribution in [2.75, 3.05) is 6.54 Å². The lowest BCUT2D eigenvalue weighted by Gasteiger charge is -2.21. The lowest BCUT2D eigenvalue weighted by molar-refractivity contribution is -0.131. The van der Waals surface area contributed by atoms with E-state index in [1.807, 2.05) is 46.8 Å². The summed E-state index contributed by atoms with van der Waals surface area (Å²) in [5.41, 5.74) is 3.78. The summed E-state index contributed by atoms with van der Waals surface area (Å²) < 4.78 is 11.5. The Bertz CT molecular complexity index is 1130. The molecule has 1 aromatic carbocycles. The van der Waals surface area contributed by atoms with Crippen molar-refractivity contribution in [3.8, 4) is 11.5 Å². The van der Waals surface area contributed by atoms with E-state index in [-0.39, 0.29) is 11.9 Å². The Balaban J connectivity index is 1.37. The molecule has 0 spiro atoms. The highest BCUT2D eigenvalue weighted by atomic mass is 32.1. The molecule has 1 amide bonds. The van der Waals surface area contributed by atoms with E-state index in [0.29, 0.717) is 24.7 Å². The SMILES string of the molecule is Cc1ccc2c(CC(=O)N3CCC[C@@H]3c3nnc(-c4ccsc4)o3)coc2c1. The summed E-state index contributed by atoms with van der Waals surface area (Å²) in [4.78, 5) is 14.9. The molecule has 0 bridgehead atoms. The van der Waals surface area contributed by atoms with Crippen molar-refractivity contribution < 1.29 is 13.6 Å². The summed E-state index contributed by atoms with van der Waals surface area (Å²) in [5, 5.41) is 13.3. The zero-order valence-electron chi connectivity index (χ0n) is 15.4. The number of carbonyl (C=O) groups is 1. The van der Waals surface area contributed by atoms with E-state index >= 15 is 0 Å². The topological polar surface area (TPSA) is 72.4 Å². The number of nitrogens with zero attached hydrogens (tertiary/aromatic N) is 3. The summed E-state index contributed by atoms with van der Waals surface area (Å²) in [6.07, 6.45) is 3.76. The molecule has 3 aromatic heterocycles. The van der Waals surface area contributed by atoms with E-state index < -0.39 is 0 Å². The third kappa shape index (κ3) is 3.01. The molecule has 0 radical (unpaired) electrons. The molecular weight excluding hydrogens is 374 g/mol. The quantitative estimate of drug-likeness (QED) is 0.500. The number of furan rings is 1. The first-order valence-electron chi connectivity index (χ1n) is 9.31. The molecule has 5 rings (SSSR count). The van der Waals surface area contributed by atoms with E-state index in [1.165, 1.54) is 0 Å². The predicted octanol–water partition coefficient (Wildman–Crippen LogP) is 4.76. The Kier molecular flexibility index (Phi) is 4.24. The lowest BCUT2D eigenvalue weighted by Crippen LogP contribution is -2.32. The minimum Gasteiger partial charge on any atom is -0.464 e. The summed E-state index contributed by atoms with van der Waals surface area (Å²) in [6, 6.07) is 7.84. The number of hydrogen-bond acceptors (Lipinski definition) is 6. The van der Waals surface area contributed by atoms with Gasteiger partial charge in [0, 0.05) is 28.4 Å². The second kappa shape index (κ2) is 6.91. The van der Waals surface area contributed by atoms with Crippen LogP contribution in [0.2, 0.25) is 0 Å². The Morgan fingerprint density at radius 1 is 1.32 bits per heavy atom. The number of fused-ring (bicyclic) bond motifs is 1. The predicted molar refractivity (Wildman–Crippen MR) is 106 cm³/mol. The molecule has 1 saturated heterocycles. The molecule has 0 aliphatic carbocycles. The standard InChI is InChI=1S/C21H19N3O3S/c1-13-4-5-16-15(11-26-18(16)9-13)10-19(25)24-7-2-3-17(24)21-23-22-20(27-21)14-6-8-28-12-14/h4-6,8-9,11-12,17H,2-3,7,10H2,1H3/t17-/m1/s1. The monoisotopic (exact) mass is 393 g/mol. The van der Waals surface area contributed by atoms with Gasteiger partial charge in [0.2, 0.25) is 17.7 Å². The molecule has 4 aromatic rings. The van der Waals surface area contributed by atoms with Gasteiger partial charge in [-0.05, 0) is 42.8 Å². The van der Waals surface area contributed by atoms with Gasteiger partial charge in [-0.25, -0.2) is 0 Å². The highest BCUT2D eigenvalue weighted by molar-refractivity contribution is 7.08. The van der Waals surface area contributed by atoms with Crippen LogP contribution in [0.1, 0.15) is 35.9 Å². The van der Waals surface area contributed by atoms with Gasteiger partial charge < -0.3 is 13.7 Å². The van der Waals surface area contributed by atoms with E-state index in [9.17, 15) is 4.79 Å². The number of likely N-dealkylation sites (tertiary alicyclic amines) is 1. The Morgan fingerprint density at radius 3 is 3.11 bits per heavy atom. The molecule has 28 heavy (non-hydrogen) atoms. The van der Waals surface area contributed by atoms with Crippen LogP contribution in [0.25, 0.3) is 22.4 Å². The number of thiophene rings is 1. The van der Waals surface area contributed by atoms with E-state index in [0.717, 1.165) is 40.5 Å². The van der Waals surface area contributed by atoms with Gasteiger partial charge in [-0.2, -0.15) is 11.3 Å². The molecule has 1 fully saturated rings. The Hall–Kier alpha value is -2.93. The van der Waals surface area contributed by atoms with Crippen LogP contribution in [0.3, 0.4) is 0 Å². The summed E-state index contributed by atoms with van der Waals surface area (Å²) in [5.74, 6) is 1.08. The van der Waals surface area contributed by atoms with Crippen LogP contribution >= 0.6 is 11.3 Å². The van der Waals surface area contributed by atoms with Gasteiger partial charge >= 0.3 is 0 Å². The van der Waals surface area contributed by atoms with E-state index in [1.54, 1.807) is 17.6 Å². The molecule has 1 aliphatic heterocycles. The molecule has 7 heteroatoms. The number of carbonyl (C=O) groups excluding carboxylic acids is 1. The van der Waals surface area contributed by atoms with Crippen molar-refractivity contribution in [1.82, 2.24) is 15.1 Å². The third-order valence-corrected chi connectivity index (χ3v) is 5.90.